The number of hydrogen-bond acceptors (Lipinski definition) is 6. The maximum Gasteiger partial charge on any atom is 0.230 e. The number of nitrogens with zero attached hydrogens (tertiary/aromatic N) is 2. The number of halogens is 1. The number of pyridine rings is 1. The second-order valence-corrected chi connectivity index (χ2v) is 8.97. The van der Waals surface area contributed by atoms with Crippen molar-refractivity contribution in [3.05, 3.63) is 48.4 Å². The van der Waals surface area contributed by atoms with Crippen LogP contribution in [-0.4, -0.2) is 49.1 Å². The molecule has 35 heavy (non-hydrogen) atoms. The van der Waals surface area contributed by atoms with E-state index in [2.05, 4.69) is 29.0 Å². The molecule has 0 atom stereocenters. The van der Waals surface area contributed by atoms with Crippen molar-refractivity contribution >= 4 is 22.5 Å². The smallest absolute Gasteiger partial charge is 0.230 e. The largest absolute Gasteiger partial charge is 0.493 e. The minimum absolute atomic E-state index is 0.0478. The third-order valence-electron chi connectivity index (χ3n) is 6.50. The first-order chi connectivity index (χ1) is 16.9. The lowest BCUT2D eigenvalue weighted by Gasteiger charge is -2.19. The van der Waals surface area contributed by atoms with Crippen LogP contribution < -0.4 is 19.5 Å². The van der Waals surface area contributed by atoms with E-state index in [0.717, 1.165) is 32.5 Å². The molecule has 1 saturated carbocycles. The van der Waals surface area contributed by atoms with Crippen molar-refractivity contribution in [2.75, 3.05) is 38.7 Å². The van der Waals surface area contributed by atoms with E-state index in [1.807, 2.05) is 6.92 Å². The van der Waals surface area contributed by atoms with Crippen molar-refractivity contribution in [3.8, 4) is 23.0 Å². The highest BCUT2D eigenvalue weighted by Crippen LogP contribution is 2.46. The molecular weight excluding hydrogens is 449 g/mol. The number of anilines is 1. The maximum absolute atomic E-state index is 14.8. The lowest BCUT2D eigenvalue weighted by molar-refractivity contribution is -0.120. The molecule has 0 bridgehead atoms. The summed E-state index contributed by atoms with van der Waals surface area (Å²) in [5.74, 6) is 0.954. The van der Waals surface area contributed by atoms with Gasteiger partial charge in [0, 0.05) is 41.4 Å². The predicted molar refractivity (Wildman–Crippen MR) is 134 cm³/mol. The minimum Gasteiger partial charge on any atom is -0.493 e. The third-order valence-corrected chi connectivity index (χ3v) is 6.50. The Morgan fingerprint density at radius 1 is 1.09 bits per heavy atom. The minimum atomic E-state index is -0.572. The Kier molecular flexibility index (Phi) is 7.40. The summed E-state index contributed by atoms with van der Waals surface area (Å²) in [5.41, 5.74) is 0.707. The highest BCUT2D eigenvalue weighted by molar-refractivity contribution is 5.96. The summed E-state index contributed by atoms with van der Waals surface area (Å²) in [4.78, 5) is 19.0. The molecule has 0 spiro atoms. The van der Waals surface area contributed by atoms with E-state index in [4.69, 9.17) is 14.2 Å². The van der Waals surface area contributed by atoms with Crippen LogP contribution in [0.4, 0.5) is 10.1 Å². The molecule has 0 unspecified atom stereocenters. The second kappa shape index (κ2) is 10.5. The number of nitrogens with one attached hydrogen (secondary N) is 1. The van der Waals surface area contributed by atoms with Crippen LogP contribution in [0.1, 0.15) is 33.6 Å². The molecule has 1 aromatic heterocycles. The fraction of sp³-hybridized carbons (Fsp3) is 0.407. The van der Waals surface area contributed by atoms with Crippen LogP contribution in [-0.2, 0) is 4.79 Å². The van der Waals surface area contributed by atoms with Gasteiger partial charge in [0.05, 0.1) is 12.6 Å². The Morgan fingerprint density at radius 3 is 2.51 bits per heavy atom. The predicted octanol–water partition coefficient (Wildman–Crippen LogP) is 5.63. The van der Waals surface area contributed by atoms with Gasteiger partial charge in [-0.05, 0) is 50.2 Å². The van der Waals surface area contributed by atoms with Gasteiger partial charge in [-0.15, -0.1) is 0 Å². The van der Waals surface area contributed by atoms with Gasteiger partial charge in [-0.25, -0.2) is 4.39 Å². The molecule has 186 valence electrons. The summed E-state index contributed by atoms with van der Waals surface area (Å²) in [7, 11) is 1.57. The van der Waals surface area contributed by atoms with Crippen molar-refractivity contribution < 1.29 is 23.4 Å². The van der Waals surface area contributed by atoms with E-state index >= 15 is 0 Å². The van der Waals surface area contributed by atoms with E-state index < -0.39 is 5.82 Å². The highest BCUT2D eigenvalue weighted by Gasteiger charge is 2.44. The Morgan fingerprint density at radius 2 is 1.86 bits per heavy atom. The first kappa shape index (κ1) is 24.7. The number of rotatable bonds is 11. The Bertz CT molecular complexity index is 1210. The molecule has 1 fully saturated rings. The molecule has 7 nitrogen and oxygen atoms in total. The monoisotopic (exact) mass is 481 g/mol. The van der Waals surface area contributed by atoms with Gasteiger partial charge in [-0.2, -0.15) is 0 Å². The summed E-state index contributed by atoms with van der Waals surface area (Å²) >= 11 is 0. The molecule has 1 N–H and O–H groups in total. The fourth-order valence-electron chi connectivity index (χ4n) is 3.79. The molecule has 1 aliphatic rings. The van der Waals surface area contributed by atoms with Crippen LogP contribution in [0, 0.1) is 11.2 Å². The maximum atomic E-state index is 14.8. The van der Waals surface area contributed by atoms with Gasteiger partial charge >= 0.3 is 0 Å². The Hall–Kier alpha value is -3.39. The molecule has 3 aromatic rings. The standard InChI is InChI=1S/C27H32FN3O4/c1-5-31(6-2)13-14-34-25-17-21-19(16-24(25)33-4)22(9-12-29-21)35-23-8-7-18(15-20(23)28)30-26(32)27(3)10-11-27/h7-9,12,15-17H,5-6,10-11,13-14H2,1-4H3,(H,30,32). The SMILES string of the molecule is CCN(CC)CCOc1cc2nccc(Oc3ccc(NC(=O)C4(C)CC4)cc3F)c2cc1OC. The lowest BCUT2D eigenvalue weighted by Crippen LogP contribution is -2.27. The first-order valence-corrected chi connectivity index (χ1v) is 12.0. The normalized spacial score (nSPS) is 14.1. The average Bonchev–Trinajstić information content (AvgIpc) is 3.61. The van der Waals surface area contributed by atoms with Gasteiger partial charge in [0.15, 0.2) is 23.1 Å². The highest BCUT2D eigenvalue weighted by atomic mass is 19.1. The molecule has 2 aromatic carbocycles. The van der Waals surface area contributed by atoms with Gasteiger partial charge in [-0.3, -0.25) is 9.78 Å². The molecule has 0 saturated heterocycles. The molecule has 1 heterocycles. The van der Waals surface area contributed by atoms with Gasteiger partial charge in [-0.1, -0.05) is 20.8 Å². The summed E-state index contributed by atoms with van der Waals surface area (Å²) < 4.78 is 32.3. The number of ether oxygens (including phenoxy) is 3. The molecule has 1 amide bonds. The van der Waals surface area contributed by atoms with Crippen molar-refractivity contribution in [1.29, 1.82) is 0 Å². The Balaban J connectivity index is 1.53. The van der Waals surface area contributed by atoms with E-state index in [9.17, 15) is 9.18 Å². The van der Waals surface area contributed by atoms with E-state index in [1.54, 1.807) is 37.6 Å². The van der Waals surface area contributed by atoms with Crippen LogP contribution in [0.15, 0.2) is 42.6 Å². The molecule has 1 aliphatic carbocycles. The number of carbonyl (C=O) groups excluding carboxylic acids is 1. The average molecular weight is 482 g/mol. The van der Waals surface area contributed by atoms with Crippen LogP contribution in [0.25, 0.3) is 10.9 Å². The Labute approximate surface area is 205 Å². The van der Waals surface area contributed by atoms with Crippen LogP contribution >= 0.6 is 0 Å². The van der Waals surface area contributed by atoms with Crippen molar-refractivity contribution in [2.45, 2.75) is 33.6 Å². The zero-order valence-corrected chi connectivity index (χ0v) is 20.7. The number of hydrogen-bond donors (Lipinski definition) is 1. The summed E-state index contributed by atoms with van der Waals surface area (Å²) in [5, 5.41) is 3.45. The van der Waals surface area contributed by atoms with E-state index in [0.29, 0.717) is 40.4 Å². The number of benzene rings is 2. The number of likely N-dealkylation sites (N-methyl/N-ethyl adjacent to an activating group) is 1. The summed E-state index contributed by atoms with van der Waals surface area (Å²) in [6.07, 6.45) is 3.31. The number of carbonyl (C=O) groups is 1. The molecule has 4 rings (SSSR count). The quantitative estimate of drug-likeness (QED) is 0.382. The lowest BCUT2D eigenvalue weighted by atomic mass is 10.1. The first-order valence-electron chi connectivity index (χ1n) is 12.0. The number of aromatic nitrogens is 1. The summed E-state index contributed by atoms with van der Waals surface area (Å²) in [6, 6.07) is 9.67. The topological polar surface area (TPSA) is 72.9 Å². The molecule has 8 heteroatoms. The summed E-state index contributed by atoms with van der Waals surface area (Å²) in [6.45, 7) is 9.38. The fourth-order valence-corrected chi connectivity index (χ4v) is 3.79. The van der Waals surface area contributed by atoms with Gasteiger partial charge < -0.3 is 24.4 Å². The third kappa shape index (κ3) is 5.65. The van der Waals surface area contributed by atoms with Gasteiger partial charge in [0.25, 0.3) is 0 Å². The van der Waals surface area contributed by atoms with Crippen LogP contribution in [0.3, 0.4) is 0 Å². The number of amides is 1. The molecule has 0 radical (unpaired) electrons. The number of fused-ring (bicyclic) bond motifs is 1. The van der Waals surface area contributed by atoms with Crippen molar-refractivity contribution in [2.24, 2.45) is 5.41 Å². The van der Waals surface area contributed by atoms with Gasteiger partial charge in [0.1, 0.15) is 12.4 Å². The van der Waals surface area contributed by atoms with Crippen LogP contribution in [0.2, 0.25) is 0 Å². The zero-order chi connectivity index (χ0) is 25.0. The van der Waals surface area contributed by atoms with Gasteiger partial charge in [0.2, 0.25) is 5.91 Å². The molecular formula is C27H32FN3O4. The van der Waals surface area contributed by atoms with Crippen molar-refractivity contribution in [1.82, 2.24) is 9.88 Å². The van der Waals surface area contributed by atoms with Crippen LogP contribution in [0.5, 0.6) is 23.0 Å². The van der Waals surface area contributed by atoms with E-state index in [-0.39, 0.29) is 17.1 Å². The molecule has 0 aliphatic heterocycles. The second-order valence-electron chi connectivity index (χ2n) is 8.97. The number of methoxy groups -OCH3 is 1. The zero-order valence-electron chi connectivity index (χ0n) is 20.7. The van der Waals surface area contributed by atoms with Crippen molar-refractivity contribution in [3.63, 3.8) is 0 Å². The van der Waals surface area contributed by atoms with E-state index in [1.165, 1.54) is 12.1 Å².